The van der Waals surface area contributed by atoms with Crippen LogP contribution < -0.4 is 5.32 Å². The van der Waals surface area contributed by atoms with Crippen LogP contribution in [0.1, 0.15) is 57.3 Å². The molecular formula is C15H25N3. The van der Waals surface area contributed by atoms with Gasteiger partial charge in [-0.05, 0) is 32.1 Å². The van der Waals surface area contributed by atoms with E-state index in [4.69, 9.17) is 4.98 Å². The third-order valence-electron chi connectivity index (χ3n) is 4.98. The Morgan fingerprint density at radius 3 is 2.94 bits per heavy atom. The lowest BCUT2D eigenvalue weighted by Gasteiger charge is -2.33. The van der Waals surface area contributed by atoms with Gasteiger partial charge in [0.1, 0.15) is 0 Å². The molecule has 1 unspecified atom stereocenters. The van der Waals surface area contributed by atoms with Crippen molar-refractivity contribution in [1.29, 1.82) is 0 Å². The van der Waals surface area contributed by atoms with Crippen LogP contribution in [0.2, 0.25) is 0 Å². The van der Waals surface area contributed by atoms with Crippen LogP contribution in [0.3, 0.4) is 0 Å². The summed E-state index contributed by atoms with van der Waals surface area (Å²) in [6.07, 6.45) is 10.0. The van der Waals surface area contributed by atoms with Gasteiger partial charge in [0.15, 0.2) is 0 Å². The van der Waals surface area contributed by atoms with E-state index in [0.717, 1.165) is 25.3 Å². The van der Waals surface area contributed by atoms with Crippen molar-refractivity contribution in [3.05, 3.63) is 17.7 Å². The van der Waals surface area contributed by atoms with Gasteiger partial charge in [-0.25, -0.2) is 4.98 Å². The molecule has 0 bridgehead atoms. The van der Waals surface area contributed by atoms with Crippen molar-refractivity contribution in [1.82, 2.24) is 14.9 Å². The highest BCUT2D eigenvalue weighted by Crippen LogP contribution is 2.32. The topological polar surface area (TPSA) is 29.9 Å². The first-order valence-electron chi connectivity index (χ1n) is 7.52. The Morgan fingerprint density at radius 2 is 2.22 bits per heavy atom. The number of aromatic nitrogens is 2. The van der Waals surface area contributed by atoms with Crippen LogP contribution in [0.25, 0.3) is 0 Å². The number of imidazole rings is 1. The summed E-state index contributed by atoms with van der Waals surface area (Å²) < 4.78 is 2.44. The molecule has 1 aromatic rings. The SMILES string of the molecule is CCC1(C)NCCc2c1ncn2CC1CCCC1. The number of nitrogens with one attached hydrogen (secondary N) is 1. The second-order valence-electron chi connectivity index (χ2n) is 6.21. The first kappa shape index (κ1) is 12.2. The molecule has 1 atom stereocenters. The summed E-state index contributed by atoms with van der Waals surface area (Å²) in [4.78, 5) is 4.72. The zero-order valence-electron chi connectivity index (χ0n) is 11.7. The van der Waals surface area contributed by atoms with Crippen LogP contribution in [0.15, 0.2) is 6.33 Å². The molecule has 1 fully saturated rings. The molecule has 2 heterocycles. The monoisotopic (exact) mass is 247 g/mol. The minimum atomic E-state index is 0.0918. The van der Waals surface area contributed by atoms with Gasteiger partial charge in [-0.2, -0.15) is 0 Å². The number of fused-ring (bicyclic) bond motifs is 1. The van der Waals surface area contributed by atoms with Crippen LogP contribution in [-0.2, 0) is 18.5 Å². The Hall–Kier alpha value is -0.830. The van der Waals surface area contributed by atoms with Gasteiger partial charge in [0, 0.05) is 25.2 Å². The van der Waals surface area contributed by atoms with Gasteiger partial charge < -0.3 is 9.88 Å². The van der Waals surface area contributed by atoms with Gasteiger partial charge in [0.2, 0.25) is 0 Å². The second-order valence-corrected chi connectivity index (χ2v) is 6.21. The third kappa shape index (κ3) is 1.99. The fourth-order valence-electron chi connectivity index (χ4n) is 3.59. The maximum atomic E-state index is 4.72. The van der Waals surface area contributed by atoms with Crippen LogP contribution >= 0.6 is 0 Å². The molecule has 1 aliphatic carbocycles. The summed E-state index contributed by atoms with van der Waals surface area (Å²) in [5, 5.41) is 3.63. The lowest BCUT2D eigenvalue weighted by molar-refractivity contribution is 0.321. The summed E-state index contributed by atoms with van der Waals surface area (Å²) in [7, 11) is 0. The van der Waals surface area contributed by atoms with Crippen LogP contribution in [0, 0.1) is 5.92 Å². The molecule has 3 nitrogen and oxygen atoms in total. The number of rotatable bonds is 3. The predicted octanol–water partition coefficient (Wildman–Crippen LogP) is 2.84. The van der Waals surface area contributed by atoms with Crippen LogP contribution in [-0.4, -0.2) is 16.1 Å². The van der Waals surface area contributed by atoms with E-state index in [1.165, 1.54) is 43.6 Å². The highest BCUT2D eigenvalue weighted by Gasteiger charge is 2.33. The minimum absolute atomic E-state index is 0.0918. The molecule has 1 aromatic heterocycles. The number of hydrogen-bond acceptors (Lipinski definition) is 2. The highest BCUT2D eigenvalue weighted by atomic mass is 15.1. The summed E-state index contributed by atoms with van der Waals surface area (Å²) in [5.74, 6) is 0.895. The third-order valence-corrected chi connectivity index (χ3v) is 4.98. The van der Waals surface area contributed by atoms with E-state index in [0.29, 0.717) is 0 Å². The second kappa shape index (κ2) is 4.69. The fraction of sp³-hybridized carbons (Fsp3) is 0.800. The summed E-state index contributed by atoms with van der Waals surface area (Å²) >= 11 is 0. The Labute approximate surface area is 110 Å². The number of hydrogen-bond donors (Lipinski definition) is 1. The molecule has 100 valence electrons. The molecule has 18 heavy (non-hydrogen) atoms. The molecule has 2 aliphatic rings. The van der Waals surface area contributed by atoms with E-state index in [-0.39, 0.29) is 5.54 Å². The molecule has 3 rings (SSSR count). The molecule has 1 saturated carbocycles. The first-order valence-corrected chi connectivity index (χ1v) is 7.52. The van der Waals surface area contributed by atoms with Crippen molar-refractivity contribution in [2.45, 2.75) is 64.5 Å². The van der Waals surface area contributed by atoms with Gasteiger partial charge in [-0.15, -0.1) is 0 Å². The average molecular weight is 247 g/mol. The van der Waals surface area contributed by atoms with Gasteiger partial charge in [-0.3, -0.25) is 0 Å². The summed E-state index contributed by atoms with van der Waals surface area (Å²) in [5.41, 5.74) is 2.88. The lowest BCUT2D eigenvalue weighted by Crippen LogP contribution is -2.45. The molecule has 0 spiro atoms. The van der Waals surface area contributed by atoms with E-state index in [1.807, 2.05) is 0 Å². The standard InChI is InChI=1S/C15H25N3/c1-3-15(2)14-13(8-9-17-15)18(11-16-14)10-12-6-4-5-7-12/h11-12,17H,3-10H2,1-2H3. The van der Waals surface area contributed by atoms with Gasteiger partial charge in [0.05, 0.1) is 17.6 Å². The molecule has 3 heteroatoms. The molecule has 0 radical (unpaired) electrons. The largest absolute Gasteiger partial charge is 0.334 e. The summed E-state index contributed by atoms with van der Waals surface area (Å²) in [6, 6.07) is 0. The quantitative estimate of drug-likeness (QED) is 0.890. The molecule has 0 saturated heterocycles. The van der Waals surface area contributed by atoms with E-state index >= 15 is 0 Å². The molecule has 0 aromatic carbocycles. The molecule has 1 aliphatic heterocycles. The number of nitrogens with zero attached hydrogens (tertiary/aromatic N) is 2. The fourth-order valence-corrected chi connectivity index (χ4v) is 3.59. The van der Waals surface area contributed by atoms with Crippen molar-refractivity contribution < 1.29 is 0 Å². The Bertz CT molecular complexity index is 417. The Balaban J connectivity index is 1.85. The zero-order valence-corrected chi connectivity index (χ0v) is 11.7. The van der Waals surface area contributed by atoms with Crippen molar-refractivity contribution in [3.63, 3.8) is 0 Å². The maximum absolute atomic E-state index is 4.72. The van der Waals surface area contributed by atoms with E-state index in [1.54, 1.807) is 0 Å². The van der Waals surface area contributed by atoms with Crippen molar-refractivity contribution in [2.75, 3.05) is 6.54 Å². The van der Waals surface area contributed by atoms with E-state index in [9.17, 15) is 0 Å². The maximum Gasteiger partial charge on any atom is 0.0952 e. The normalized spacial score (nSPS) is 28.6. The molecule has 0 amide bonds. The van der Waals surface area contributed by atoms with Crippen molar-refractivity contribution in [3.8, 4) is 0 Å². The predicted molar refractivity (Wildman–Crippen MR) is 73.5 cm³/mol. The van der Waals surface area contributed by atoms with Crippen LogP contribution in [0.4, 0.5) is 0 Å². The minimum Gasteiger partial charge on any atom is -0.334 e. The van der Waals surface area contributed by atoms with E-state index < -0.39 is 0 Å². The first-order chi connectivity index (χ1) is 8.73. The highest BCUT2D eigenvalue weighted by molar-refractivity contribution is 5.25. The van der Waals surface area contributed by atoms with Crippen molar-refractivity contribution in [2.24, 2.45) is 5.92 Å². The van der Waals surface area contributed by atoms with Gasteiger partial charge >= 0.3 is 0 Å². The smallest absolute Gasteiger partial charge is 0.0952 e. The Kier molecular flexibility index (Phi) is 3.18. The van der Waals surface area contributed by atoms with E-state index in [2.05, 4.69) is 30.1 Å². The van der Waals surface area contributed by atoms with Crippen molar-refractivity contribution >= 4 is 0 Å². The average Bonchev–Trinajstić information content (AvgIpc) is 3.01. The summed E-state index contributed by atoms with van der Waals surface area (Å²) in [6.45, 7) is 6.83. The Morgan fingerprint density at radius 1 is 1.44 bits per heavy atom. The lowest BCUT2D eigenvalue weighted by atomic mass is 9.89. The molecule has 1 N–H and O–H groups in total. The van der Waals surface area contributed by atoms with Crippen LogP contribution in [0.5, 0.6) is 0 Å². The van der Waals surface area contributed by atoms with Gasteiger partial charge in [0.25, 0.3) is 0 Å². The molecular weight excluding hydrogens is 222 g/mol. The van der Waals surface area contributed by atoms with Gasteiger partial charge in [-0.1, -0.05) is 19.8 Å². The zero-order chi connectivity index (χ0) is 12.6.